The van der Waals surface area contributed by atoms with Gasteiger partial charge in [0.05, 0.1) is 5.69 Å². The van der Waals surface area contributed by atoms with Gasteiger partial charge in [0.2, 0.25) is 5.95 Å². The number of benzene rings is 2. The van der Waals surface area contributed by atoms with Crippen LogP contribution < -0.4 is 15.4 Å². The summed E-state index contributed by atoms with van der Waals surface area (Å²) in [6.45, 7) is 7.15. The van der Waals surface area contributed by atoms with Gasteiger partial charge in [-0.1, -0.05) is 42.5 Å². The normalized spacial score (nSPS) is 12.4. The van der Waals surface area contributed by atoms with Crippen molar-refractivity contribution in [1.82, 2.24) is 15.3 Å². The van der Waals surface area contributed by atoms with Gasteiger partial charge in [0.1, 0.15) is 11.9 Å². The Bertz CT molecular complexity index is 906. The lowest BCUT2D eigenvalue weighted by Crippen LogP contribution is -2.27. The van der Waals surface area contributed by atoms with E-state index in [1.807, 2.05) is 55.6 Å². The van der Waals surface area contributed by atoms with E-state index in [0.29, 0.717) is 5.95 Å². The average molecular weight is 391 g/mol. The maximum Gasteiger partial charge on any atom is 0.223 e. The van der Waals surface area contributed by atoms with Gasteiger partial charge in [0, 0.05) is 23.7 Å². The Morgan fingerprint density at radius 1 is 1.00 bits per heavy atom. The fraction of sp³-hybridized carbons (Fsp3) is 0.333. The monoisotopic (exact) mass is 390 g/mol. The molecule has 0 radical (unpaired) electrons. The standard InChI is InChI=1S/C24H30N4O/c1-24(2,3)28-23-26-16-13-21(27-23)19-11-8-12-20(17-19)29-22(14-15-25-4)18-9-6-5-7-10-18/h5-13,16-17,22,25H,14-15H2,1-4H3,(H,26,27,28). The second-order valence-corrected chi connectivity index (χ2v) is 8.08. The molecule has 0 spiro atoms. The van der Waals surface area contributed by atoms with E-state index in [1.165, 1.54) is 5.56 Å². The van der Waals surface area contributed by atoms with Gasteiger partial charge >= 0.3 is 0 Å². The van der Waals surface area contributed by atoms with Gasteiger partial charge in [-0.05, 0) is 58.1 Å². The molecule has 0 aliphatic rings. The SMILES string of the molecule is CNCCC(Oc1cccc(-c2ccnc(NC(C)(C)C)n2)c1)c1ccccc1. The molecule has 2 N–H and O–H groups in total. The highest BCUT2D eigenvalue weighted by Gasteiger charge is 2.14. The lowest BCUT2D eigenvalue weighted by molar-refractivity contribution is 0.195. The fourth-order valence-corrected chi connectivity index (χ4v) is 3.04. The summed E-state index contributed by atoms with van der Waals surface area (Å²) in [5, 5.41) is 6.53. The molecule has 0 fully saturated rings. The molecule has 1 aromatic heterocycles. The van der Waals surface area contributed by atoms with Crippen molar-refractivity contribution in [1.29, 1.82) is 0 Å². The molecule has 0 saturated heterocycles. The van der Waals surface area contributed by atoms with Gasteiger partial charge in [-0.25, -0.2) is 9.97 Å². The number of aromatic nitrogens is 2. The molecule has 2 aromatic carbocycles. The van der Waals surface area contributed by atoms with Crippen molar-refractivity contribution in [2.45, 2.75) is 38.8 Å². The Morgan fingerprint density at radius 3 is 2.52 bits per heavy atom. The number of nitrogens with zero attached hydrogens (tertiary/aromatic N) is 2. The zero-order chi connectivity index (χ0) is 20.7. The van der Waals surface area contributed by atoms with E-state index in [0.717, 1.165) is 30.0 Å². The molecular weight excluding hydrogens is 360 g/mol. The number of nitrogens with one attached hydrogen (secondary N) is 2. The van der Waals surface area contributed by atoms with Crippen molar-refractivity contribution in [2.75, 3.05) is 18.9 Å². The van der Waals surface area contributed by atoms with Crippen molar-refractivity contribution < 1.29 is 4.74 Å². The summed E-state index contributed by atoms with van der Waals surface area (Å²) in [6, 6.07) is 20.3. The average Bonchev–Trinajstić information content (AvgIpc) is 2.71. The number of anilines is 1. The summed E-state index contributed by atoms with van der Waals surface area (Å²) in [7, 11) is 1.96. The Kier molecular flexibility index (Phi) is 6.83. The third-order valence-electron chi connectivity index (χ3n) is 4.38. The van der Waals surface area contributed by atoms with Crippen molar-refractivity contribution in [3.63, 3.8) is 0 Å². The molecule has 0 aliphatic carbocycles. The van der Waals surface area contributed by atoms with E-state index < -0.39 is 0 Å². The van der Waals surface area contributed by atoms with Crippen LogP contribution in [0.3, 0.4) is 0 Å². The predicted octanol–water partition coefficient (Wildman–Crippen LogP) is 5.08. The van der Waals surface area contributed by atoms with Crippen LogP contribution in [0.15, 0.2) is 66.9 Å². The molecule has 0 amide bonds. The smallest absolute Gasteiger partial charge is 0.223 e. The summed E-state index contributed by atoms with van der Waals surface area (Å²) in [4.78, 5) is 9.00. The molecule has 5 heteroatoms. The molecule has 3 rings (SSSR count). The first kappa shape index (κ1) is 20.8. The molecule has 0 bridgehead atoms. The van der Waals surface area contributed by atoms with Crippen molar-refractivity contribution >= 4 is 5.95 Å². The van der Waals surface area contributed by atoms with E-state index in [2.05, 4.69) is 53.5 Å². The van der Waals surface area contributed by atoms with E-state index in [-0.39, 0.29) is 11.6 Å². The minimum absolute atomic E-state index is 0.0117. The van der Waals surface area contributed by atoms with Crippen LogP contribution in [0.2, 0.25) is 0 Å². The number of rotatable bonds is 8. The van der Waals surface area contributed by atoms with E-state index >= 15 is 0 Å². The van der Waals surface area contributed by atoms with E-state index in [9.17, 15) is 0 Å². The molecule has 1 heterocycles. The largest absolute Gasteiger partial charge is 0.486 e. The van der Waals surface area contributed by atoms with Gasteiger partial charge in [-0.2, -0.15) is 0 Å². The third kappa shape index (κ3) is 6.29. The van der Waals surface area contributed by atoms with Crippen LogP contribution >= 0.6 is 0 Å². The number of hydrogen-bond donors (Lipinski definition) is 2. The Hall–Kier alpha value is -2.92. The quantitative estimate of drug-likeness (QED) is 0.561. The molecule has 29 heavy (non-hydrogen) atoms. The van der Waals surface area contributed by atoms with Crippen LogP contribution in [0, 0.1) is 0 Å². The summed E-state index contributed by atoms with van der Waals surface area (Å²) in [6.07, 6.45) is 2.66. The Balaban J connectivity index is 1.82. The van der Waals surface area contributed by atoms with E-state index in [1.54, 1.807) is 6.20 Å². The van der Waals surface area contributed by atoms with Crippen molar-refractivity contribution in [2.24, 2.45) is 0 Å². The molecule has 0 aliphatic heterocycles. The molecule has 5 nitrogen and oxygen atoms in total. The van der Waals surface area contributed by atoms with Crippen LogP contribution in [0.5, 0.6) is 5.75 Å². The molecule has 1 unspecified atom stereocenters. The summed E-state index contributed by atoms with van der Waals surface area (Å²) in [5.74, 6) is 1.45. The highest BCUT2D eigenvalue weighted by Crippen LogP contribution is 2.28. The van der Waals surface area contributed by atoms with Gasteiger partial charge in [-0.15, -0.1) is 0 Å². The minimum Gasteiger partial charge on any atom is -0.486 e. The van der Waals surface area contributed by atoms with Gasteiger partial charge in [0.25, 0.3) is 0 Å². The zero-order valence-corrected chi connectivity index (χ0v) is 17.6. The van der Waals surface area contributed by atoms with Crippen LogP contribution in [0.25, 0.3) is 11.3 Å². The summed E-state index contributed by atoms with van der Waals surface area (Å²) >= 11 is 0. The predicted molar refractivity (Wildman–Crippen MR) is 119 cm³/mol. The molecular formula is C24H30N4O. The first-order valence-corrected chi connectivity index (χ1v) is 10.0. The first-order valence-electron chi connectivity index (χ1n) is 10.0. The third-order valence-corrected chi connectivity index (χ3v) is 4.38. The Morgan fingerprint density at radius 2 is 1.79 bits per heavy atom. The van der Waals surface area contributed by atoms with Crippen molar-refractivity contribution in [3.05, 3.63) is 72.4 Å². The maximum atomic E-state index is 6.38. The van der Waals surface area contributed by atoms with Crippen LogP contribution in [-0.4, -0.2) is 29.1 Å². The van der Waals surface area contributed by atoms with Crippen LogP contribution in [0.1, 0.15) is 38.9 Å². The molecule has 3 aromatic rings. The summed E-state index contributed by atoms with van der Waals surface area (Å²) in [5.41, 5.74) is 2.94. The van der Waals surface area contributed by atoms with Crippen LogP contribution in [-0.2, 0) is 0 Å². The van der Waals surface area contributed by atoms with Gasteiger partial charge in [0.15, 0.2) is 0 Å². The topological polar surface area (TPSA) is 59.1 Å². The molecule has 152 valence electrons. The molecule has 1 atom stereocenters. The van der Waals surface area contributed by atoms with E-state index in [4.69, 9.17) is 4.74 Å². The highest BCUT2D eigenvalue weighted by atomic mass is 16.5. The Labute approximate surface area is 173 Å². The number of hydrogen-bond acceptors (Lipinski definition) is 5. The second-order valence-electron chi connectivity index (χ2n) is 8.08. The van der Waals surface area contributed by atoms with Gasteiger partial charge in [-0.3, -0.25) is 0 Å². The highest BCUT2D eigenvalue weighted by molar-refractivity contribution is 5.62. The summed E-state index contributed by atoms with van der Waals surface area (Å²) < 4.78 is 6.38. The zero-order valence-electron chi connectivity index (χ0n) is 17.6. The van der Waals surface area contributed by atoms with Crippen molar-refractivity contribution in [3.8, 4) is 17.0 Å². The van der Waals surface area contributed by atoms with Crippen LogP contribution in [0.4, 0.5) is 5.95 Å². The first-order chi connectivity index (χ1) is 13.9. The lowest BCUT2D eigenvalue weighted by Gasteiger charge is -2.21. The van der Waals surface area contributed by atoms with Gasteiger partial charge < -0.3 is 15.4 Å². The minimum atomic E-state index is -0.0974. The lowest BCUT2D eigenvalue weighted by atomic mass is 10.1. The number of ether oxygens (including phenoxy) is 1. The maximum absolute atomic E-state index is 6.38. The molecule has 0 saturated carbocycles. The second kappa shape index (κ2) is 9.52. The fourth-order valence-electron chi connectivity index (χ4n) is 3.04.